The first-order chi connectivity index (χ1) is 8.61. The molecule has 0 spiro atoms. The van der Waals surface area contributed by atoms with Crippen LogP contribution in [0.3, 0.4) is 0 Å². The normalized spacial score (nSPS) is 28.7. The number of hydrogen-bond donors (Lipinski definition) is 1. The zero-order valence-corrected chi connectivity index (χ0v) is 11.0. The molecule has 1 aromatic heterocycles. The molecule has 0 radical (unpaired) electrons. The quantitative estimate of drug-likeness (QED) is 0.894. The lowest BCUT2D eigenvalue weighted by atomic mass is 10.0. The van der Waals surface area contributed by atoms with Crippen LogP contribution in [0.5, 0.6) is 0 Å². The number of fused-ring (bicyclic) bond motifs is 1. The van der Waals surface area contributed by atoms with Crippen molar-refractivity contribution in [3.8, 4) is 0 Å². The summed E-state index contributed by atoms with van der Waals surface area (Å²) in [6.45, 7) is 1.51. The molecule has 100 valence electrons. The minimum atomic E-state index is -3.46. The van der Waals surface area contributed by atoms with Crippen LogP contribution in [-0.2, 0) is 16.6 Å². The third-order valence-electron chi connectivity index (χ3n) is 4.13. The first kappa shape index (κ1) is 12.2. The molecule has 2 aliphatic rings. The van der Waals surface area contributed by atoms with E-state index in [-0.39, 0.29) is 11.6 Å². The maximum atomic E-state index is 12.4. The average molecular weight is 270 g/mol. The highest BCUT2D eigenvalue weighted by atomic mass is 32.2. The molecule has 3 rings (SSSR count). The number of nitrogens with zero attached hydrogens (tertiary/aromatic N) is 1. The molecule has 2 unspecified atom stereocenters. The van der Waals surface area contributed by atoms with Crippen molar-refractivity contribution in [2.75, 3.05) is 13.1 Å². The second kappa shape index (κ2) is 4.36. The Hall–Kier alpha value is -0.850. The summed E-state index contributed by atoms with van der Waals surface area (Å²) in [5.41, 5.74) is 5.43. The van der Waals surface area contributed by atoms with E-state index >= 15 is 0 Å². The van der Waals surface area contributed by atoms with Crippen LogP contribution in [-0.4, -0.2) is 25.8 Å². The van der Waals surface area contributed by atoms with E-state index in [1.807, 2.05) is 0 Å². The Balaban J connectivity index is 1.82. The van der Waals surface area contributed by atoms with Gasteiger partial charge in [0, 0.05) is 13.1 Å². The van der Waals surface area contributed by atoms with Gasteiger partial charge < -0.3 is 10.2 Å². The molecule has 2 heterocycles. The summed E-state index contributed by atoms with van der Waals surface area (Å²) in [7, 11) is -3.46. The van der Waals surface area contributed by atoms with E-state index in [0.29, 0.717) is 30.7 Å². The Kier molecular flexibility index (Phi) is 2.96. The highest BCUT2D eigenvalue weighted by Gasteiger charge is 2.42. The lowest BCUT2D eigenvalue weighted by molar-refractivity contribution is 0.382. The highest BCUT2D eigenvalue weighted by Crippen LogP contribution is 2.39. The first-order valence-electron chi connectivity index (χ1n) is 6.40. The third kappa shape index (κ3) is 1.88. The Labute approximate surface area is 107 Å². The van der Waals surface area contributed by atoms with Gasteiger partial charge in [-0.25, -0.2) is 8.42 Å². The molecule has 1 saturated carbocycles. The summed E-state index contributed by atoms with van der Waals surface area (Å²) in [6.07, 6.45) is 3.55. The van der Waals surface area contributed by atoms with Crippen LogP contribution >= 0.6 is 0 Å². The molecule has 5 nitrogen and oxygen atoms in total. The summed E-state index contributed by atoms with van der Waals surface area (Å²) >= 11 is 0. The number of hydrogen-bond acceptors (Lipinski definition) is 4. The summed E-state index contributed by atoms with van der Waals surface area (Å²) in [5, 5.41) is 0.0305. The zero-order chi connectivity index (χ0) is 12.8. The van der Waals surface area contributed by atoms with Gasteiger partial charge in [0.25, 0.3) is 10.0 Å². The van der Waals surface area contributed by atoms with Crippen molar-refractivity contribution in [3.05, 3.63) is 17.9 Å². The topological polar surface area (TPSA) is 76.5 Å². The lowest BCUT2D eigenvalue weighted by Gasteiger charge is -2.15. The Morgan fingerprint density at radius 1 is 1.28 bits per heavy atom. The number of furan rings is 1. The highest BCUT2D eigenvalue weighted by molar-refractivity contribution is 7.89. The molecular weight excluding hydrogens is 252 g/mol. The molecule has 0 amide bonds. The van der Waals surface area contributed by atoms with Crippen molar-refractivity contribution in [2.24, 2.45) is 17.6 Å². The van der Waals surface area contributed by atoms with Crippen molar-refractivity contribution in [3.63, 3.8) is 0 Å². The predicted molar refractivity (Wildman–Crippen MR) is 66.2 cm³/mol. The molecule has 1 aliphatic carbocycles. The van der Waals surface area contributed by atoms with Gasteiger partial charge in [-0.15, -0.1) is 0 Å². The summed E-state index contributed by atoms with van der Waals surface area (Å²) in [6, 6.07) is 3.13. The Bertz CT molecular complexity index is 525. The fourth-order valence-corrected chi connectivity index (χ4v) is 4.60. The smallest absolute Gasteiger partial charge is 0.276 e. The average Bonchev–Trinajstić information content (AvgIpc) is 3.03. The Morgan fingerprint density at radius 2 is 1.94 bits per heavy atom. The van der Waals surface area contributed by atoms with E-state index in [1.165, 1.54) is 12.5 Å². The van der Waals surface area contributed by atoms with Crippen molar-refractivity contribution < 1.29 is 12.8 Å². The van der Waals surface area contributed by atoms with Gasteiger partial charge in [0.1, 0.15) is 5.76 Å². The van der Waals surface area contributed by atoms with Crippen LogP contribution in [0.2, 0.25) is 0 Å². The van der Waals surface area contributed by atoms with Crippen LogP contribution in [0.15, 0.2) is 21.6 Å². The van der Waals surface area contributed by atoms with E-state index in [1.54, 1.807) is 10.4 Å². The summed E-state index contributed by atoms with van der Waals surface area (Å²) < 4.78 is 31.6. The van der Waals surface area contributed by atoms with Crippen LogP contribution in [0, 0.1) is 11.8 Å². The summed E-state index contributed by atoms with van der Waals surface area (Å²) in [4.78, 5) is 0. The minimum Gasteiger partial charge on any atom is -0.447 e. The van der Waals surface area contributed by atoms with Gasteiger partial charge >= 0.3 is 0 Å². The van der Waals surface area contributed by atoms with Gasteiger partial charge in [0.2, 0.25) is 5.09 Å². The molecule has 2 atom stereocenters. The maximum absolute atomic E-state index is 12.4. The zero-order valence-electron chi connectivity index (χ0n) is 10.2. The van der Waals surface area contributed by atoms with E-state index in [9.17, 15) is 8.42 Å². The minimum absolute atomic E-state index is 0.0305. The van der Waals surface area contributed by atoms with Crippen LogP contribution < -0.4 is 5.73 Å². The lowest BCUT2D eigenvalue weighted by Crippen LogP contribution is -2.29. The SMILES string of the molecule is NCc1ccc(S(=O)(=O)N2CC3CCCC3C2)o1. The molecule has 1 aliphatic heterocycles. The van der Waals surface area contributed by atoms with Crippen molar-refractivity contribution >= 4 is 10.0 Å². The third-order valence-corrected chi connectivity index (χ3v) is 5.83. The molecule has 2 fully saturated rings. The van der Waals surface area contributed by atoms with Crippen molar-refractivity contribution in [2.45, 2.75) is 30.9 Å². The van der Waals surface area contributed by atoms with E-state index < -0.39 is 10.0 Å². The Morgan fingerprint density at radius 3 is 2.50 bits per heavy atom. The van der Waals surface area contributed by atoms with Gasteiger partial charge in [-0.05, 0) is 36.8 Å². The number of sulfonamides is 1. The second-order valence-electron chi connectivity index (χ2n) is 5.20. The number of nitrogens with two attached hydrogens (primary N) is 1. The molecule has 18 heavy (non-hydrogen) atoms. The maximum Gasteiger partial charge on any atom is 0.276 e. The van der Waals surface area contributed by atoms with Crippen molar-refractivity contribution in [1.29, 1.82) is 0 Å². The van der Waals surface area contributed by atoms with E-state index in [0.717, 1.165) is 12.8 Å². The fourth-order valence-electron chi connectivity index (χ4n) is 3.12. The molecule has 6 heteroatoms. The van der Waals surface area contributed by atoms with Gasteiger partial charge in [-0.1, -0.05) is 6.42 Å². The van der Waals surface area contributed by atoms with Crippen LogP contribution in [0.1, 0.15) is 25.0 Å². The molecule has 0 aromatic carbocycles. The van der Waals surface area contributed by atoms with Crippen LogP contribution in [0.25, 0.3) is 0 Å². The molecule has 0 bridgehead atoms. The standard InChI is InChI=1S/C12H18N2O3S/c13-6-11-4-5-12(17-11)18(15,16)14-7-9-2-1-3-10(9)8-14/h4-5,9-10H,1-3,6-8,13H2. The molecule has 1 saturated heterocycles. The molecule has 1 aromatic rings. The largest absolute Gasteiger partial charge is 0.447 e. The van der Waals surface area contributed by atoms with E-state index in [2.05, 4.69) is 0 Å². The first-order valence-corrected chi connectivity index (χ1v) is 7.84. The summed E-state index contributed by atoms with van der Waals surface area (Å²) in [5.74, 6) is 1.60. The van der Waals surface area contributed by atoms with E-state index in [4.69, 9.17) is 10.2 Å². The van der Waals surface area contributed by atoms with Gasteiger partial charge in [-0.2, -0.15) is 4.31 Å². The molecular formula is C12H18N2O3S. The monoisotopic (exact) mass is 270 g/mol. The predicted octanol–water partition coefficient (Wildman–Crippen LogP) is 1.16. The van der Waals surface area contributed by atoms with Crippen molar-refractivity contribution in [1.82, 2.24) is 4.31 Å². The fraction of sp³-hybridized carbons (Fsp3) is 0.667. The van der Waals surface area contributed by atoms with Crippen LogP contribution in [0.4, 0.5) is 0 Å². The molecule has 2 N–H and O–H groups in total. The van der Waals surface area contributed by atoms with Gasteiger partial charge in [-0.3, -0.25) is 0 Å². The van der Waals surface area contributed by atoms with Gasteiger partial charge in [0.15, 0.2) is 0 Å². The number of rotatable bonds is 3. The van der Waals surface area contributed by atoms with Gasteiger partial charge in [0.05, 0.1) is 6.54 Å². The second-order valence-corrected chi connectivity index (χ2v) is 7.07.